The third kappa shape index (κ3) is 65.7. The first-order valence-corrected chi connectivity index (χ1v) is 36.9. The summed E-state index contributed by atoms with van der Waals surface area (Å²) >= 11 is 0. The molecule has 0 saturated heterocycles. The first-order valence-electron chi connectivity index (χ1n) is 36.9. The highest BCUT2D eigenvalue weighted by atomic mass is 16.5. The highest BCUT2D eigenvalue weighted by molar-refractivity contribution is 5.76. The van der Waals surface area contributed by atoms with Crippen molar-refractivity contribution in [2.75, 3.05) is 13.2 Å². The summed E-state index contributed by atoms with van der Waals surface area (Å²) in [4.78, 5) is 24.7. The van der Waals surface area contributed by atoms with E-state index in [1.54, 1.807) is 0 Å². The Labute approximate surface area is 501 Å². The molecule has 0 fully saturated rings. The number of carbonyl (C=O) groups excluding carboxylic acids is 2. The molecule has 476 valence electrons. The van der Waals surface area contributed by atoms with Gasteiger partial charge in [-0.25, -0.2) is 0 Å². The molecule has 0 heterocycles. The molecule has 80 heavy (non-hydrogen) atoms. The van der Waals surface area contributed by atoms with Crippen LogP contribution in [0.4, 0.5) is 0 Å². The van der Waals surface area contributed by atoms with Crippen molar-refractivity contribution in [1.29, 1.82) is 0 Å². The third-order valence-corrected chi connectivity index (χ3v) is 17.6. The van der Waals surface area contributed by atoms with Gasteiger partial charge in [-0.2, -0.15) is 0 Å². The summed E-state index contributed by atoms with van der Waals surface area (Å²) in [6.45, 7) is 5.00. The van der Waals surface area contributed by atoms with E-state index in [1.807, 2.05) is 0 Å². The standard InChI is InChI=1S/C74H145NO5/c1-3-5-7-9-11-13-15-17-19-21-23-24-25-28-31-34-38-42-46-50-54-58-62-66-72(77)71(70-76)75-73(78)67-63-59-55-51-47-43-39-35-32-29-26-27-30-33-37-41-45-49-53-57-61-65-69-80-74(79)68-64-60-56-52-48-44-40-36-22-20-18-16-14-12-10-8-6-4-2/h20,22,71-72,76-77H,3-19,21,23-70H2,1-2H3,(H,75,78)/b22-20-. The Bertz CT molecular complexity index is 1210. The molecule has 1 amide bonds. The van der Waals surface area contributed by atoms with E-state index in [4.69, 9.17) is 4.74 Å². The van der Waals surface area contributed by atoms with Gasteiger partial charge in [0.15, 0.2) is 0 Å². The van der Waals surface area contributed by atoms with Crippen molar-refractivity contribution in [1.82, 2.24) is 5.32 Å². The number of ether oxygens (including phenoxy) is 1. The van der Waals surface area contributed by atoms with Crippen molar-refractivity contribution in [2.24, 2.45) is 0 Å². The third-order valence-electron chi connectivity index (χ3n) is 17.6. The molecule has 0 aromatic heterocycles. The Hall–Kier alpha value is -1.40. The Balaban J connectivity index is 3.37. The summed E-state index contributed by atoms with van der Waals surface area (Å²) in [5.41, 5.74) is 0. The lowest BCUT2D eigenvalue weighted by atomic mass is 10.0. The second-order valence-corrected chi connectivity index (χ2v) is 25.6. The minimum Gasteiger partial charge on any atom is -0.466 e. The van der Waals surface area contributed by atoms with E-state index < -0.39 is 12.1 Å². The summed E-state index contributed by atoms with van der Waals surface area (Å²) < 4.78 is 5.51. The highest BCUT2D eigenvalue weighted by Crippen LogP contribution is 2.20. The Morgan fingerprint density at radius 2 is 0.588 bits per heavy atom. The molecule has 0 spiro atoms. The zero-order valence-electron chi connectivity index (χ0n) is 54.6. The SMILES string of the molecule is CCCCCCCCC/C=C\CCCCCCCCCC(=O)OCCCCCCCCCCCCCCCCCCCCCCCCC(=O)NC(CO)C(O)CCCCCCCCCCCCCCCCCCCCCCCCC. The lowest BCUT2D eigenvalue weighted by Gasteiger charge is -2.22. The van der Waals surface area contributed by atoms with Gasteiger partial charge in [0.25, 0.3) is 0 Å². The minimum atomic E-state index is -0.665. The van der Waals surface area contributed by atoms with Crippen LogP contribution in [0.5, 0.6) is 0 Å². The first kappa shape index (κ1) is 78.6. The predicted molar refractivity (Wildman–Crippen MR) is 352 cm³/mol. The van der Waals surface area contributed by atoms with Gasteiger partial charge in [0.2, 0.25) is 5.91 Å². The molecule has 2 atom stereocenters. The average molecular weight is 1130 g/mol. The molecule has 0 saturated carbocycles. The number of carbonyl (C=O) groups is 2. The second kappa shape index (κ2) is 70.1. The number of hydrogen-bond acceptors (Lipinski definition) is 5. The van der Waals surface area contributed by atoms with Crippen molar-refractivity contribution in [3.05, 3.63) is 12.2 Å². The molecule has 3 N–H and O–H groups in total. The zero-order chi connectivity index (χ0) is 57.8. The topological polar surface area (TPSA) is 95.9 Å². The number of unbranched alkanes of at least 4 members (excludes halogenated alkanes) is 57. The van der Waals surface area contributed by atoms with E-state index in [1.165, 1.54) is 347 Å². The van der Waals surface area contributed by atoms with E-state index in [9.17, 15) is 19.8 Å². The van der Waals surface area contributed by atoms with Gasteiger partial charge in [0.1, 0.15) is 0 Å². The molecule has 2 unspecified atom stereocenters. The van der Waals surface area contributed by atoms with Gasteiger partial charge in [0.05, 0.1) is 25.4 Å². The number of aliphatic hydroxyl groups is 2. The summed E-state index contributed by atoms with van der Waals surface area (Å²) in [6.07, 6.45) is 86.9. The molecular weight excluding hydrogens is 983 g/mol. The van der Waals surface area contributed by atoms with Gasteiger partial charge >= 0.3 is 5.97 Å². The van der Waals surface area contributed by atoms with Crippen molar-refractivity contribution < 1.29 is 24.5 Å². The van der Waals surface area contributed by atoms with Crippen LogP contribution in [0.1, 0.15) is 425 Å². The maximum atomic E-state index is 12.6. The highest BCUT2D eigenvalue weighted by Gasteiger charge is 2.20. The molecule has 6 nitrogen and oxygen atoms in total. The fourth-order valence-corrected chi connectivity index (χ4v) is 11.9. The summed E-state index contributed by atoms with van der Waals surface area (Å²) in [5, 5.41) is 23.5. The van der Waals surface area contributed by atoms with Gasteiger partial charge in [-0.1, -0.05) is 373 Å². The van der Waals surface area contributed by atoms with E-state index in [2.05, 4.69) is 31.3 Å². The normalized spacial score (nSPS) is 12.5. The fourth-order valence-electron chi connectivity index (χ4n) is 11.9. The van der Waals surface area contributed by atoms with Crippen molar-refractivity contribution >= 4 is 11.9 Å². The molecule has 0 aliphatic carbocycles. The van der Waals surface area contributed by atoms with Crippen molar-refractivity contribution in [3.63, 3.8) is 0 Å². The predicted octanol–water partition coefficient (Wildman–Crippen LogP) is 23.9. The lowest BCUT2D eigenvalue weighted by molar-refractivity contribution is -0.143. The van der Waals surface area contributed by atoms with Crippen molar-refractivity contribution in [3.8, 4) is 0 Å². The summed E-state index contributed by atoms with van der Waals surface area (Å²) in [7, 11) is 0. The van der Waals surface area contributed by atoms with Gasteiger partial charge in [-0.15, -0.1) is 0 Å². The maximum absolute atomic E-state index is 12.6. The molecular formula is C74H145NO5. The number of rotatable bonds is 70. The molecule has 6 heteroatoms. The van der Waals surface area contributed by atoms with E-state index in [-0.39, 0.29) is 18.5 Å². The molecule has 0 bridgehead atoms. The van der Waals surface area contributed by atoms with Crippen LogP contribution in [-0.4, -0.2) is 47.4 Å². The van der Waals surface area contributed by atoms with Crippen LogP contribution in [0.15, 0.2) is 12.2 Å². The second-order valence-electron chi connectivity index (χ2n) is 25.6. The molecule has 0 aliphatic heterocycles. The molecule has 0 aliphatic rings. The molecule has 0 radical (unpaired) electrons. The van der Waals surface area contributed by atoms with Crippen LogP contribution in [-0.2, 0) is 14.3 Å². The van der Waals surface area contributed by atoms with Crippen LogP contribution >= 0.6 is 0 Å². The lowest BCUT2D eigenvalue weighted by Crippen LogP contribution is -2.45. The smallest absolute Gasteiger partial charge is 0.305 e. The Morgan fingerprint density at radius 1 is 0.338 bits per heavy atom. The van der Waals surface area contributed by atoms with Gasteiger partial charge < -0.3 is 20.3 Å². The van der Waals surface area contributed by atoms with Crippen molar-refractivity contribution in [2.45, 2.75) is 437 Å². The first-order chi connectivity index (χ1) is 39.5. The number of aliphatic hydroxyl groups excluding tert-OH is 2. The Kier molecular flexibility index (Phi) is 68.9. The van der Waals surface area contributed by atoms with E-state index >= 15 is 0 Å². The van der Waals surface area contributed by atoms with Crippen LogP contribution in [0, 0.1) is 0 Å². The number of amides is 1. The largest absolute Gasteiger partial charge is 0.466 e. The zero-order valence-corrected chi connectivity index (χ0v) is 54.6. The van der Waals surface area contributed by atoms with Gasteiger partial charge in [-0.05, 0) is 51.4 Å². The Morgan fingerprint density at radius 3 is 0.887 bits per heavy atom. The summed E-state index contributed by atoms with van der Waals surface area (Å²) in [5.74, 6) is -0.0178. The number of nitrogens with one attached hydrogen (secondary N) is 1. The fraction of sp³-hybridized carbons (Fsp3) is 0.946. The quantitative estimate of drug-likeness (QED) is 0.0320. The van der Waals surface area contributed by atoms with E-state index in [0.717, 1.165) is 44.9 Å². The monoisotopic (exact) mass is 1130 g/mol. The average Bonchev–Trinajstić information content (AvgIpc) is 3.46. The van der Waals surface area contributed by atoms with Crippen LogP contribution in [0.2, 0.25) is 0 Å². The molecule has 0 rings (SSSR count). The maximum Gasteiger partial charge on any atom is 0.305 e. The van der Waals surface area contributed by atoms with E-state index in [0.29, 0.717) is 25.9 Å². The number of allylic oxidation sites excluding steroid dienone is 2. The number of hydrogen-bond donors (Lipinski definition) is 3. The van der Waals surface area contributed by atoms with Crippen LogP contribution in [0.3, 0.4) is 0 Å². The summed E-state index contributed by atoms with van der Waals surface area (Å²) in [6, 6.07) is -0.543. The van der Waals surface area contributed by atoms with Gasteiger partial charge in [-0.3, -0.25) is 9.59 Å². The number of esters is 1. The van der Waals surface area contributed by atoms with Crippen LogP contribution < -0.4 is 5.32 Å². The molecule has 0 aromatic carbocycles. The minimum absolute atomic E-state index is 0.0119. The van der Waals surface area contributed by atoms with Gasteiger partial charge in [0, 0.05) is 12.8 Å². The molecule has 0 aromatic rings. The van der Waals surface area contributed by atoms with Crippen LogP contribution in [0.25, 0.3) is 0 Å².